The number of alkyl halides is 9. The number of nitrogens with zero attached hydrogens (tertiary/aromatic N) is 4. The molecule has 1 fully saturated rings. The van der Waals surface area contributed by atoms with Crippen molar-refractivity contribution >= 4 is 64.2 Å². The molecule has 9 N–H and O–H groups in total. The zero-order valence-corrected chi connectivity index (χ0v) is 28.1. The summed E-state index contributed by atoms with van der Waals surface area (Å²) in [4.78, 5) is 56.6. The van der Waals surface area contributed by atoms with Crippen LogP contribution < -0.4 is 21.7 Å². The Morgan fingerprint density at radius 1 is 0.852 bits per heavy atom. The Hall–Kier alpha value is -5.69. The number of hydrogen-bond donors (Lipinski definition) is 8. The molecule has 16 nitrogen and oxygen atoms in total. The molecular formula is C28H30F9N9O7S. The number of hydrogen-bond acceptors (Lipinski definition) is 11. The number of anilines is 2. The molecule has 0 spiro atoms. The summed E-state index contributed by atoms with van der Waals surface area (Å²) in [6.45, 7) is 2.02. The van der Waals surface area contributed by atoms with E-state index in [1.54, 1.807) is 18.5 Å². The standard InChI is InChI=1S/C22H27N9OS.3C2HF3O2/c1-13-7-8-15-14(11-13)19(27-16-5-2-3-6-17(16)28-20(23)24)31-21(29-15)30-18(32)12-33-22-25-9-4-10-26-22;3*3-2(4,5)1(6)7/h4,7-11,16-17H,2-3,5-6,12H2,1H3,(H4,23,24,28)(H2,27,29,30,31,32);3*(H,6,7). The van der Waals surface area contributed by atoms with Crippen LogP contribution in [0.15, 0.2) is 41.8 Å². The second-order valence-corrected chi connectivity index (χ2v) is 11.3. The van der Waals surface area contributed by atoms with Crippen molar-refractivity contribution in [2.45, 2.75) is 68.4 Å². The van der Waals surface area contributed by atoms with E-state index in [2.05, 4.69) is 35.9 Å². The molecule has 2 heterocycles. The molecule has 3 aromatic rings. The minimum Gasteiger partial charge on any atom is -0.475 e. The number of nitrogens with two attached hydrogens (primary N) is 1. The number of guanidine groups is 1. The first-order valence-corrected chi connectivity index (χ1v) is 15.5. The van der Waals surface area contributed by atoms with Gasteiger partial charge in [0.2, 0.25) is 11.9 Å². The minimum atomic E-state index is -5.08. The first-order chi connectivity index (χ1) is 24.8. The summed E-state index contributed by atoms with van der Waals surface area (Å²) >= 11 is 1.25. The molecule has 4 rings (SSSR count). The number of rotatable bonds is 7. The molecule has 2 atom stereocenters. The van der Waals surface area contributed by atoms with Crippen LogP contribution in [-0.4, -0.2) is 101 Å². The van der Waals surface area contributed by atoms with Gasteiger partial charge in [-0.25, -0.2) is 29.3 Å². The fraction of sp³-hybridized carbons (Fsp3) is 0.393. The second-order valence-electron chi connectivity index (χ2n) is 10.4. The van der Waals surface area contributed by atoms with Gasteiger partial charge in [0.05, 0.1) is 11.3 Å². The number of amides is 1. The highest BCUT2D eigenvalue weighted by molar-refractivity contribution is 7.99. The molecule has 54 heavy (non-hydrogen) atoms. The lowest BCUT2D eigenvalue weighted by Gasteiger charge is -2.33. The van der Waals surface area contributed by atoms with Crippen LogP contribution >= 0.6 is 11.8 Å². The number of halogens is 9. The normalized spacial score (nSPS) is 15.4. The average Bonchev–Trinajstić information content (AvgIpc) is 3.05. The lowest BCUT2D eigenvalue weighted by atomic mass is 9.90. The Labute approximate surface area is 301 Å². The molecule has 1 amide bonds. The fourth-order valence-electron chi connectivity index (χ4n) is 3.91. The zero-order valence-electron chi connectivity index (χ0n) is 27.3. The summed E-state index contributed by atoms with van der Waals surface area (Å²) in [7, 11) is 0. The Morgan fingerprint density at radius 3 is 1.80 bits per heavy atom. The van der Waals surface area contributed by atoms with Crippen molar-refractivity contribution in [1.82, 2.24) is 25.3 Å². The van der Waals surface area contributed by atoms with Gasteiger partial charge in [-0.05, 0) is 38.0 Å². The third-order valence-electron chi connectivity index (χ3n) is 6.13. The van der Waals surface area contributed by atoms with Crippen LogP contribution in [-0.2, 0) is 19.2 Å². The summed E-state index contributed by atoms with van der Waals surface area (Å²) < 4.78 is 95.2. The van der Waals surface area contributed by atoms with Gasteiger partial charge in [0.1, 0.15) is 5.82 Å². The van der Waals surface area contributed by atoms with Crippen LogP contribution in [0.1, 0.15) is 31.2 Å². The number of carbonyl (C=O) groups is 4. The molecule has 0 saturated heterocycles. The molecule has 2 unspecified atom stereocenters. The maximum atomic E-state index is 12.5. The van der Waals surface area contributed by atoms with Gasteiger partial charge in [-0.15, -0.1) is 0 Å². The third-order valence-corrected chi connectivity index (χ3v) is 7.01. The third kappa shape index (κ3) is 17.7. The van der Waals surface area contributed by atoms with Crippen molar-refractivity contribution in [3.63, 3.8) is 0 Å². The quantitative estimate of drug-likeness (QED) is 0.0535. The number of fused-ring (bicyclic) bond motifs is 1. The number of aromatic nitrogens is 4. The summed E-state index contributed by atoms with van der Waals surface area (Å²) in [6.07, 6.45) is -7.97. The number of benzene rings is 1. The molecule has 2 aromatic heterocycles. The first-order valence-electron chi connectivity index (χ1n) is 14.6. The highest BCUT2D eigenvalue weighted by atomic mass is 32.2. The Balaban J connectivity index is 0.000000566. The van der Waals surface area contributed by atoms with Crippen molar-refractivity contribution in [3.8, 4) is 0 Å². The number of carboxylic acid groups (broad SMARTS) is 3. The monoisotopic (exact) mass is 807 g/mol. The summed E-state index contributed by atoms with van der Waals surface area (Å²) in [5, 5.41) is 39.8. The van der Waals surface area contributed by atoms with Crippen molar-refractivity contribution in [3.05, 3.63) is 42.2 Å². The van der Waals surface area contributed by atoms with E-state index in [9.17, 15) is 44.3 Å². The number of carboxylic acids is 3. The van der Waals surface area contributed by atoms with E-state index < -0.39 is 36.4 Å². The number of aryl methyl sites for hydroxylation is 1. The molecule has 1 aliphatic carbocycles. The predicted octanol–water partition coefficient (Wildman–Crippen LogP) is 4.57. The van der Waals surface area contributed by atoms with E-state index in [0.717, 1.165) is 42.1 Å². The molecule has 1 saturated carbocycles. The second kappa shape index (κ2) is 20.5. The summed E-state index contributed by atoms with van der Waals surface area (Å²) in [6, 6.07) is 7.75. The number of aliphatic carboxylic acids is 3. The number of thioether (sulfide) groups is 1. The van der Waals surface area contributed by atoms with E-state index in [1.165, 1.54) is 11.8 Å². The van der Waals surface area contributed by atoms with Gasteiger partial charge >= 0.3 is 36.4 Å². The Bertz CT molecular complexity index is 1690. The smallest absolute Gasteiger partial charge is 0.475 e. The van der Waals surface area contributed by atoms with Crippen molar-refractivity contribution in [2.24, 2.45) is 5.73 Å². The van der Waals surface area contributed by atoms with Gasteiger partial charge in [0.15, 0.2) is 11.1 Å². The summed E-state index contributed by atoms with van der Waals surface area (Å²) in [5.41, 5.74) is 7.42. The van der Waals surface area contributed by atoms with Gasteiger partial charge < -0.3 is 31.7 Å². The van der Waals surface area contributed by atoms with Gasteiger partial charge in [-0.3, -0.25) is 15.5 Å². The molecule has 0 aliphatic heterocycles. The molecule has 1 aromatic carbocycles. The van der Waals surface area contributed by atoms with Gasteiger partial charge in [-0.1, -0.05) is 36.2 Å². The van der Waals surface area contributed by atoms with Gasteiger partial charge in [0, 0.05) is 29.9 Å². The van der Waals surface area contributed by atoms with E-state index in [-0.39, 0.29) is 35.7 Å². The Kier molecular flexibility index (Phi) is 17.6. The SMILES string of the molecule is Cc1ccc2nc(NC(=O)CSc3ncccn3)nc(NC3CCCCC3NC(=N)N)c2c1.O=C(O)C(F)(F)F.O=C(O)C(F)(F)F.O=C(O)C(F)(F)F. The predicted molar refractivity (Wildman–Crippen MR) is 171 cm³/mol. The zero-order chi connectivity index (χ0) is 41.4. The first kappa shape index (κ1) is 46.3. The fourth-order valence-corrected chi connectivity index (χ4v) is 4.51. The van der Waals surface area contributed by atoms with Gasteiger partial charge in [0.25, 0.3) is 0 Å². The lowest BCUT2D eigenvalue weighted by Crippen LogP contribution is -2.50. The van der Waals surface area contributed by atoms with Gasteiger partial charge in [-0.2, -0.15) is 44.5 Å². The molecular weight excluding hydrogens is 777 g/mol. The average molecular weight is 808 g/mol. The van der Waals surface area contributed by atoms with E-state index in [4.69, 9.17) is 40.8 Å². The molecule has 298 valence electrons. The summed E-state index contributed by atoms with van der Waals surface area (Å²) in [5.74, 6) is -7.51. The number of nitrogens with one attached hydrogen (secondary N) is 4. The van der Waals surface area contributed by atoms with Crippen LogP contribution in [0.4, 0.5) is 51.3 Å². The molecule has 0 bridgehead atoms. The van der Waals surface area contributed by atoms with Crippen LogP contribution in [0.2, 0.25) is 0 Å². The van der Waals surface area contributed by atoms with Crippen LogP contribution in [0.5, 0.6) is 0 Å². The maximum absolute atomic E-state index is 12.5. The largest absolute Gasteiger partial charge is 0.490 e. The highest BCUT2D eigenvalue weighted by Gasteiger charge is 2.39. The van der Waals surface area contributed by atoms with Crippen molar-refractivity contribution in [1.29, 1.82) is 5.41 Å². The molecule has 26 heteroatoms. The maximum Gasteiger partial charge on any atom is 0.490 e. The van der Waals surface area contributed by atoms with Crippen LogP contribution in [0.3, 0.4) is 0 Å². The van der Waals surface area contributed by atoms with E-state index in [1.807, 2.05) is 25.1 Å². The highest BCUT2D eigenvalue weighted by Crippen LogP contribution is 2.28. The van der Waals surface area contributed by atoms with E-state index in [0.29, 0.717) is 11.0 Å². The molecule has 0 radical (unpaired) electrons. The van der Waals surface area contributed by atoms with Crippen molar-refractivity contribution in [2.75, 3.05) is 16.4 Å². The molecule has 1 aliphatic rings. The van der Waals surface area contributed by atoms with Crippen LogP contribution in [0, 0.1) is 12.3 Å². The van der Waals surface area contributed by atoms with Crippen molar-refractivity contribution < 1.29 is 74.0 Å². The number of carbonyl (C=O) groups excluding carboxylic acids is 1. The topological polar surface area (TPSA) is 266 Å². The minimum absolute atomic E-state index is 0.0337. The lowest BCUT2D eigenvalue weighted by molar-refractivity contribution is -0.193. The van der Waals surface area contributed by atoms with E-state index >= 15 is 0 Å². The van der Waals surface area contributed by atoms with Crippen LogP contribution in [0.25, 0.3) is 10.9 Å². The Morgan fingerprint density at radius 2 is 1.33 bits per heavy atom.